The van der Waals surface area contributed by atoms with Gasteiger partial charge in [0.25, 0.3) is 0 Å². The van der Waals surface area contributed by atoms with Crippen molar-refractivity contribution in [2.24, 2.45) is 0 Å². The number of aromatic nitrogens is 1. The molecule has 0 fully saturated rings. The number of esters is 1. The van der Waals surface area contributed by atoms with Gasteiger partial charge in [0.05, 0.1) is 24.8 Å². The van der Waals surface area contributed by atoms with Crippen molar-refractivity contribution < 1.29 is 37.1 Å². The van der Waals surface area contributed by atoms with Crippen molar-refractivity contribution in [2.75, 3.05) is 12.2 Å². The number of carbonyl (C=O) groups is 2. The maximum atomic E-state index is 12.7. The van der Waals surface area contributed by atoms with Gasteiger partial charge in [-0.3, -0.25) is 4.84 Å². The molecule has 0 aliphatic rings. The van der Waals surface area contributed by atoms with E-state index in [1.165, 1.54) is 0 Å². The molecule has 0 bridgehead atoms. The largest absolute Gasteiger partial charge is 0.464 e. The van der Waals surface area contributed by atoms with Crippen LogP contribution in [0.1, 0.15) is 57.7 Å². The first-order chi connectivity index (χ1) is 12.5. The predicted molar refractivity (Wildman–Crippen MR) is 94.9 cm³/mol. The number of anilines is 1. The zero-order valence-electron chi connectivity index (χ0n) is 16.9. The van der Waals surface area contributed by atoms with Crippen molar-refractivity contribution in [1.82, 2.24) is 4.98 Å². The summed E-state index contributed by atoms with van der Waals surface area (Å²) in [6.45, 7) is 9.83. The zero-order chi connectivity index (χ0) is 21.9. The average molecular weight is 406 g/mol. The van der Waals surface area contributed by atoms with Crippen molar-refractivity contribution in [2.45, 2.75) is 65.3 Å². The second kappa shape index (κ2) is 8.34. The first-order valence-corrected chi connectivity index (χ1v) is 8.39. The molecule has 0 saturated carbocycles. The number of hydroxylamine groups is 1. The number of methoxy groups -OCH3 is 1. The third-order valence-corrected chi connectivity index (χ3v) is 2.84. The van der Waals surface area contributed by atoms with E-state index in [0.29, 0.717) is 5.06 Å². The molecule has 1 heterocycles. The molecule has 10 heteroatoms. The van der Waals surface area contributed by atoms with E-state index in [1.807, 2.05) is 0 Å². The number of nitrogens with zero attached hydrogens (tertiary/aromatic N) is 2. The molecule has 158 valence electrons. The monoisotopic (exact) mass is 406 g/mol. The molecule has 0 aromatic carbocycles. The maximum Gasteiger partial charge on any atom is 0.439 e. The summed E-state index contributed by atoms with van der Waals surface area (Å²) >= 11 is 0. The topological polar surface area (TPSA) is 78.0 Å². The lowest BCUT2D eigenvalue weighted by Gasteiger charge is -2.32. The van der Waals surface area contributed by atoms with Crippen molar-refractivity contribution in [1.29, 1.82) is 0 Å². The lowest BCUT2D eigenvalue weighted by atomic mass is 10.2. The number of hydrogen-bond donors (Lipinski definition) is 0. The lowest BCUT2D eigenvalue weighted by Crippen LogP contribution is -2.42. The van der Waals surface area contributed by atoms with Crippen molar-refractivity contribution >= 4 is 17.7 Å². The van der Waals surface area contributed by atoms with E-state index in [2.05, 4.69) is 9.72 Å². The third kappa shape index (κ3) is 7.71. The Labute approximate surface area is 161 Å². The van der Waals surface area contributed by atoms with E-state index < -0.39 is 47.2 Å². The van der Waals surface area contributed by atoms with Crippen LogP contribution >= 0.6 is 0 Å². The minimum atomic E-state index is -4.52. The fourth-order valence-electron chi connectivity index (χ4n) is 1.97. The van der Waals surface area contributed by atoms with Gasteiger partial charge in [0.1, 0.15) is 11.3 Å². The molecule has 0 aliphatic carbocycles. The Kier molecular flexibility index (Phi) is 7.05. The van der Waals surface area contributed by atoms with Crippen LogP contribution in [-0.2, 0) is 20.7 Å². The van der Waals surface area contributed by atoms with Crippen LogP contribution in [0.15, 0.2) is 12.1 Å². The summed E-state index contributed by atoms with van der Waals surface area (Å²) in [7, 11) is 1.05. The number of carbonyl (C=O) groups excluding carboxylic acids is 2. The number of amides is 1. The molecular formula is C18H25F3N2O5. The fourth-order valence-corrected chi connectivity index (χ4v) is 1.97. The van der Waals surface area contributed by atoms with Crippen LogP contribution in [0.2, 0.25) is 0 Å². The molecule has 1 rings (SSSR count). The zero-order valence-corrected chi connectivity index (χ0v) is 16.9. The molecule has 0 N–H and O–H groups in total. The maximum absolute atomic E-state index is 12.7. The molecule has 0 unspecified atom stereocenters. The number of alkyl halides is 3. The smallest absolute Gasteiger partial charge is 0.439 e. The number of pyridine rings is 1. The van der Waals surface area contributed by atoms with Crippen LogP contribution in [-0.4, -0.2) is 41.5 Å². The van der Waals surface area contributed by atoms with E-state index >= 15 is 0 Å². The molecule has 0 radical (unpaired) electrons. The highest BCUT2D eigenvalue weighted by molar-refractivity contribution is 5.98. The van der Waals surface area contributed by atoms with Gasteiger partial charge in [-0.15, -0.1) is 0 Å². The van der Waals surface area contributed by atoms with E-state index in [-0.39, 0.29) is 5.69 Å². The Bertz CT molecular complexity index is 721. The number of halogens is 3. The number of ether oxygens (including phenoxy) is 2. The van der Waals surface area contributed by atoms with E-state index in [0.717, 1.165) is 19.2 Å². The predicted octanol–water partition coefficient (Wildman–Crippen LogP) is 4.44. The molecule has 7 nitrogen and oxygen atoms in total. The SMILES string of the molecule is COC(=O)c1nc(CC(F)(F)F)ccc1N(OC(C)(C)C)C(=O)OC(C)(C)C. The van der Waals surface area contributed by atoms with E-state index in [4.69, 9.17) is 9.57 Å². The van der Waals surface area contributed by atoms with Crippen LogP contribution in [0.25, 0.3) is 0 Å². The fraction of sp³-hybridized carbons (Fsp3) is 0.611. The van der Waals surface area contributed by atoms with Crippen LogP contribution in [0.3, 0.4) is 0 Å². The minimum absolute atomic E-state index is 0.193. The molecule has 0 saturated heterocycles. The van der Waals surface area contributed by atoms with Gasteiger partial charge in [0.2, 0.25) is 0 Å². The molecule has 1 aromatic rings. The first kappa shape index (κ1) is 23.7. The van der Waals surface area contributed by atoms with Crippen LogP contribution < -0.4 is 5.06 Å². The molecule has 1 amide bonds. The van der Waals surface area contributed by atoms with Crippen LogP contribution in [0, 0.1) is 0 Å². The summed E-state index contributed by atoms with van der Waals surface area (Å²) < 4.78 is 47.9. The van der Waals surface area contributed by atoms with Crippen LogP contribution in [0.4, 0.5) is 23.7 Å². The molecule has 0 aliphatic heterocycles. The third-order valence-electron chi connectivity index (χ3n) is 2.84. The van der Waals surface area contributed by atoms with E-state index in [9.17, 15) is 22.8 Å². The second-order valence-corrected chi connectivity index (χ2v) is 7.93. The normalized spacial score (nSPS) is 12.5. The first-order valence-electron chi connectivity index (χ1n) is 8.39. The minimum Gasteiger partial charge on any atom is -0.464 e. The summed E-state index contributed by atoms with van der Waals surface area (Å²) in [5, 5.41) is 0.696. The van der Waals surface area contributed by atoms with Gasteiger partial charge in [-0.1, -0.05) is 0 Å². The highest BCUT2D eigenvalue weighted by Crippen LogP contribution is 2.28. The van der Waals surface area contributed by atoms with Gasteiger partial charge in [-0.25, -0.2) is 14.6 Å². The number of hydrogen-bond acceptors (Lipinski definition) is 6. The van der Waals surface area contributed by atoms with Gasteiger partial charge in [0.15, 0.2) is 5.69 Å². The van der Waals surface area contributed by atoms with Gasteiger partial charge >= 0.3 is 18.2 Å². The molecule has 28 heavy (non-hydrogen) atoms. The highest BCUT2D eigenvalue weighted by atomic mass is 19.4. The molecule has 0 atom stereocenters. The average Bonchev–Trinajstić information content (AvgIpc) is 2.47. The number of rotatable bonds is 4. The second-order valence-electron chi connectivity index (χ2n) is 7.93. The van der Waals surface area contributed by atoms with Crippen LogP contribution in [0.5, 0.6) is 0 Å². The van der Waals surface area contributed by atoms with Crippen molar-refractivity contribution in [3.8, 4) is 0 Å². The Hall–Kier alpha value is -2.36. The summed E-state index contributed by atoms with van der Waals surface area (Å²) in [6.07, 6.45) is -6.82. The lowest BCUT2D eigenvalue weighted by molar-refractivity contribution is -0.127. The summed E-state index contributed by atoms with van der Waals surface area (Å²) in [6, 6.07) is 2.19. The summed E-state index contributed by atoms with van der Waals surface area (Å²) in [5.74, 6) is -1.02. The van der Waals surface area contributed by atoms with Gasteiger partial charge in [-0.2, -0.15) is 18.2 Å². The Balaban J connectivity index is 3.48. The van der Waals surface area contributed by atoms with Gasteiger partial charge < -0.3 is 9.47 Å². The van der Waals surface area contributed by atoms with E-state index in [1.54, 1.807) is 41.5 Å². The standard InChI is InChI=1S/C18H25F3N2O5/c1-16(2,3)27-15(25)23(28-17(4,5)6)12-9-8-11(10-18(19,20)21)22-13(12)14(24)26-7/h8-9H,10H2,1-7H3. The summed E-state index contributed by atoms with van der Waals surface area (Å²) in [5.41, 5.74) is -2.88. The molecule has 0 spiro atoms. The van der Waals surface area contributed by atoms with Gasteiger partial charge in [0, 0.05) is 0 Å². The Morgan fingerprint density at radius 3 is 2.04 bits per heavy atom. The van der Waals surface area contributed by atoms with Crippen molar-refractivity contribution in [3.63, 3.8) is 0 Å². The molecular weight excluding hydrogens is 381 g/mol. The Morgan fingerprint density at radius 2 is 1.61 bits per heavy atom. The Morgan fingerprint density at radius 1 is 1.04 bits per heavy atom. The highest BCUT2D eigenvalue weighted by Gasteiger charge is 2.34. The quantitative estimate of drug-likeness (QED) is 0.543. The van der Waals surface area contributed by atoms with Gasteiger partial charge in [-0.05, 0) is 53.7 Å². The summed E-state index contributed by atoms with van der Waals surface area (Å²) in [4.78, 5) is 34.1. The molecule has 1 aromatic heterocycles. The van der Waals surface area contributed by atoms with Crippen molar-refractivity contribution in [3.05, 3.63) is 23.5 Å².